The number of benzene rings is 2. The summed E-state index contributed by atoms with van der Waals surface area (Å²) in [5.74, 6) is 4.04. The van der Waals surface area contributed by atoms with Gasteiger partial charge in [-0.1, -0.05) is 0 Å². The molecule has 2 aromatic carbocycles. The first-order valence-electron chi connectivity index (χ1n) is 11.4. The molecule has 0 saturated carbocycles. The van der Waals surface area contributed by atoms with Gasteiger partial charge in [-0.15, -0.1) is 0 Å². The van der Waals surface area contributed by atoms with Crippen LogP contribution in [0.5, 0.6) is 23.0 Å². The molecule has 0 amide bonds. The van der Waals surface area contributed by atoms with Crippen LogP contribution in [0.15, 0.2) is 24.3 Å². The van der Waals surface area contributed by atoms with Crippen LogP contribution in [0.25, 0.3) is 0 Å². The SMILES string of the molecule is COc1cc2c(cc1OC)CN(c1nc(Cl)nc(N3CCc4cc(OC)c(OC)cc4C3)n1)CC2. The minimum absolute atomic E-state index is 0.182. The molecule has 0 unspecified atom stereocenters. The lowest BCUT2D eigenvalue weighted by Gasteiger charge is -2.32. The standard InChI is InChI=1S/C25H28ClN5O4/c1-32-19-9-15-5-7-30(13-17(15)11-21(19)34-3)24-27-23(26)28-25(29-24)31-8-6-16-10-20(33-2)22(35-4)12-18(16)14-31/h9-12H,5-8,13-14H2,1-4H3. The Bertz CT molecular complexity index is 1160. The van der Waals surface area contributed by atoms with Crippen molar-refractivity contribution in [3.8, 4) is 23.0 Å². The predicted molar refractivity (Wildman–Crippen MR) is 133 cm³/mol. The number of hydrogen-bond donors (Lipinski definition) is 0. The number of nitrogens with zero attached hydrogens (tertiary/aromatic N) is 5. The summed E-state index contributed by atoms with van der Waals surface area (Å²) in [5.41, 5.74) is 4.77. The molecule has 1 aromatic heterocycles. The van der Waals surface area contributed by atoms with Crippen molar-refractivity contribution in [2.75, 3.05) is 51.3 Å². The predicted octanol–water partition coefficient (Wildman–Crippen LogP) is 3.68. The highest BCUT2D eigenvalue weighted by Crippen LogP contribution is 2.36. The summed E-state index contributed by atoms with van der Waals surface area (Å²) in [7, 11) is 6.59. The molecule has 35 heavy (non-hydrogen) atoms. The average molecular weight is 498 g/mol. The van der Waals surface area contributed by atoms with E-state index in [9.17, 15) is 0 Å². The van der Waals surface area contributed by atoms with Crippen molar-refractivity contribution in [1.29, 1.82) is 0 Å². The van der Waals surface area contributed by atoms with Gasteiger partial charge in [0.2, 0.25) is 17.2 Å². The van der Waals surface area contributed by atoms with Crippen LogP contribution in [0.4, 0.5) is 11.9 Å². The maximum atomic E-state index is 6.37. The molecule has 184 valence electrons. The normalized spacial score (nSPS) is 14.8. The molecule has 2 aliphatic heterocycles. The first kappa shape index (κ1) is 23.3. The molecule has 0 radical (unpaired) electrons. The first-order valence-corrected chi connectivity index (χ1v) is 11.8. The number of aromatic nitrogens is 3. The molecular formula is C25H28ClN5O4. The number of halogens is 1. The molecule has 0 fully saturated rings. The highest BCUT2D eigenvalue weighted by molar-refractivity contribution is 6.28. The van der Waals surface area contributed by atoms with Crippen LogP contribution in [0, 0.1) is 0 Å². The third-order valence-corrected chi connectivity index (χ3v) is 6.76. The van der Waals surface area contributed by atoms with Gasteiger partial charge < -0.3 is 28.7 Å². The van der Waals surface area contributed by atoms with Gasteiger partial charge in [0.25, 0.3) is 0 Å². The molecule has 0 saturated heterocycles. The van der Waals surface area contributed by atoms with Crippen LogP contribution in [0.1, 0.15) is 22.3 Å². The topological polar surface area (TPSA) is 82.1 Å². The maximum absolute atomic E-state index is 6.37. The summed E-state index contributed by atoms with van der Waals surface area (Å²) >= 11 is 6.37. The van der Waals surface area contributed by atoms with Gasteiger partial charge in [0.15, 0.2) is 23.0 Å². The van der Waals surface area contributed by atoms with Crippen molar-refractivity contribution in [2.24, 2.45) is 0 Å². The summed E-state index contributed by atoms with van der Waals surface area (Å²) in [4.78, 5) is 17.9. The van der Waals surface area contributed by atoms with E-state index in [0.717, 1.165) is 48.6 Å². The maximum Gasteiger partial charge on any atom is 0.231 e. The Kier molecular flexibility index (Phi) is 6.42. The van der Waals surface area contributed by atoms with E-state index in [4.69, 9.17) is 35.5 Å². The Morgan fingerprint density at radius 3 is 1.34 bits per heavy atom. The minimum Gasteiger partial charge on any atom is -0.493 e. The largest absolute Gasteiger partial charge is 0.493 e. The highest BCUT2D eigenvalue weighted by atomic mass is 35.5. The summed E-state index contributed by atoms with van der Waals surface area (Å²) < 4.78 is 21.9. The van der Waals surface area contributed by atoms with Crippen LogP contribution in [0.3, 0.4) is 0 Å². The second-order valence-corrected chi connectivity index (χ2v) is 8.84. The number of hydrogen-bond acceptors (Lipinski definition) is 9. The molecule has 0 bridgehead atoms. The van der Waals surface area contributed by atoms with Crippen LogP contribution < -0.4 is 28.7 Å². The smallest absolute Gasteiger partial charge is 0.231 e. The number of ether oxygens (including phenoxy) is 4. The molecule has 3 heterocycles. The lowest BCUT2D eigenvalue weighted by Crippen LogP contribution is -2.35. The van der Waals surface area contributed by atoms with Gasteiger partial charge in [0, 0.05) is 26.2 Å². The molecule has 3 aromatic rings. The zero-order valence-corrected chi connectivity index (χ0v) is 21.1. The fourth-order valence-corrected chi connectivity index (χ4v) is 4.87. The van der Waals surface area contributed by atoms with E-state index in [0.29, 0.717) is 36.5 Å². The summed E-state index contributed by atoms with van der Waals surface area (Å²) in [5, 5.41) is 0.182. The summed E-state index contributed by atoms with van der Waals surface area (Å²) in [6, 6.07) is 8.14. The first-order chi connectivity index (χ1) is 17.0. The Morgan fingerprint density at radius 1 is 0.600 bits per heavy atom. The van der Waals surface area contributed by atoms with Crippen molar-refractivity contribution >= 4 is 23.5 Å². The molecule has 0 atom stereocenters. The zero-order chi connectivity index (χ0) is 24.5. The molecule has 10 heteroatoms. The molecule has 5 rings (SSSR count). The molecule has 0 spiro atoms. The van der Waals surface area contributed by atoms with Crippen LogP contribution in [-0.4, -0.2) is 56.5 Å². The molecule has 0 N–H and O–H groups in total. The van der Waals surface area contributed by atoms with Gasteiger partial charge >= 0.3 is 0 Å². The van der Waals surface area contributed by atoms with Gasteiger partial charge in [-0.2, -0.15) is 15.0 Å². The van der Waals surface area contributed by atoms with E-state index in [2.05, 4.69) is 19.8 Å². The summed E-state index contributed by atoms with van der Waals surface area (Å²) in [6.07, 6.45) is 1.68. The second kappa shape index (κ2) is 9.65. The lowest BCUT2D eigenvalue weighted by atomic mass is 9.99. The highest BCUT2D eigenvalue weighted by Gasteiger charge is 2.25. The van der Waals surface area contributed by atoms with Crippen LogP contribution >= 0.6 is 11.6 Å². The quantitative estimate of drug-likeness (QED) is 0.506. The van der Waals surface area contributed by atoms with E-state index >= 15 is 0 Å². The fourth-order valence-electron chi connectivity index (χ4n) is 4.72. The van der Waals surface area contributed by atoms with Gasteiger partial charge in [0.1, 0.15) is 0 Å². The van der Waals surface area contributed by atoms with E-state index in [1.165, 1.54) is 11.1 Å². The van der Waals surface area contributed by atoms with Gasteiger partial charge in [-0.3, -0.25) is 0 Å². The molecule has 2 aliphatic rings. The number of methoxy groups -OCH3 is 4. The van der Waals surface area contributed by atoms with Crippen LogP contribution in [-0.2, 0) is 25.9 Å². The lowest BCUT2D eigenvalue weighted by molar-refractivity contribution is 0.353. The van der Waals surface area contributed by atoms with Crippen molar-refractivity contribution in [3.63, 3.8) is 0 Å². The number of rotatable bonds is 6. The Balaban J connectivity index is 1.40. The van der Waals surface area contributed by atoms with E-state index in [1.807, 2.05) is 24.3 Å². The van der Waals surface area contributed by atoms with Crippen molar-refractivity contribution in [3.05, 3.63) is 51.8 Å². The zero-order valence-electron chi connectivity index (χ0n) is 20.3. The fraction of sp³-hybridized carbons (Fsp3) is 0.400. The number of fused-ring (bicyclic) bond motifs is 2. The van der Waals surface area contributed by atoms with Crippen molar-refractivity contribution < 1.29 is 18.9 Å². The molecule has 0 aliphatic carbocycles. The third kappa shape index (κ3) is 4.48. The van der Waals surface area contributed by atoms with E-state index < -0.39 is 0 Å². The van der Waals surface area contributed by atoms with Gasteiger partial charge in [-0.05, 0) is 71.0 Å². The Morgan fingerprint density at radius 2 is 0.971 bits per heavy atom. The minimum atomic E-state index is 0.182. The van der Waals surface area contributed by atoms with E-state index in [-0.39, 0.29) is 5.28 Å². The molecular weight excluding hydrogens is 470 g/mol. The Hall–Kier alpha value is -3.46. The monoisotopic (exact) mass is 497 g/mol. The average Bonchev–Trinajstić information content (AvgIpc) is 2.90. The van der Waals surface area contributed by atoms with Crippen molar-refractivity contribution in [1.82, 2.24) is 15.0 Å². The molecule has 9 nitrogen and oxygen atoms in total. The van der Waals surface area contributed by atoms with Gasteiger partial charge in [0.05, 0.1) is 28.4 Å². The second-order valence-electron chi connectivity index (χ2n) is 8.50. The Labute approximate surface area is 209 Å². The van der Waals surface area contributed by atoms with Crippen LogP contribution in [0.2, 0.25) is 5.28 Å². The number of anilines is 2. The van der Waals surface area contributed by atoms with Gasteiger partial charge in [-0.25, -0.2) is 0 Å². The third-order valence-electron chi connectivity index (χ3n) is 6.59. The van der Waals surface area contributed by atoms with Crippen molar-refractivity contribution in [2.45, 2.75) is 25.9 Å². The summed E-state index contributed by atoms with van der Waals surface area (Å²) in [6.45, 7) is 2.83. The van der Waals surface area contributed by atoms with E-state index in [1.54, 1.807) is 28.4 Å².